The Morgan fingerprint density at radius 3 is 2.49 bits per heavy atom. The highest BCUT2D eigenvalue weighted by Crippen LogP contribution is 2.36. The molecule has 4 aromatic rings. The number of urea groups is 1. The number of alkyl halides is 3. The van der Waals surface area contributed by atoms with Crippen molar-refractivity contribution in [3.05, 3.63) is 71.9 Å². The fraction of sp³-hybridized carbons (Fsp3) is 0.276. The number of hydrogen-bond donors (Lipinski definition) is 3. The maximum Gasteiger partial charge on any atom is 0.416 e. The molecular formula is C29H28F3N5O4. The van der Waals surface area contributed by atoms with Crippen molar-refractivity contribution in [2.45, 2.75) is 32.0 Å². The number of hydrogen-bond acceptors (Lipinski definition) is 7. The van der Waals surface area contributed by atoms with Gasteiger partial charge in [0.25, 0.3) is 0 Å². The molecule has 0 aliphatic carbocycles. The van der Waals surface area contributed by atoms with E-state index in [0.717, 1.165) is 37.6 Å². The molecule has 1 saturated heterocycles. The van der Waals surface area contributed by atoms with E-state index in [-0.39, 0.29) is 17.5 Å². The number of halogens is 3. The summed E-state index contributed by atoms with van der Waals surface area (Å²) in [6.07, 6.45) is -2.43. The fourth-order valence-electron chi connectivity index (χ4n) is 4.52. The number of rotatable bonds is 8. The zero-order valence-corrected chi connectivity index (χ0v) is 22.3. The summed E-state index contributed by atoms with van der Waals surface area (Å²) >= 11 is 0. The smallest absolute Gasteiger partial charge is 0.416 e. The van der Waals surface area contributed by atoms with Crippen LogP contribution in [0.1, 0.15) is 24.1 Å². The van der Waals surface area contributed by atoms with Gasteiger partial charge in [0.15, 0.2) is 0 Å². The van der Waals surface area contributed by atoms with Gasteiger partial charge in [-0.2, -0.15) is 18.2 Å². The van der Waals surface area contributed by atoms with Crippen molar-refractivity contribution in [3.63, 3.8) is 0 Å². The quantitative estimate of drug-likeness (QED) is 0.211. The van der Waals surface area contributed by atoms with Crippen LogP contribution in [-0.2, 0) is 10.9 Å². The third-order valence-corrected chi connectivity index (χ3v) is 6.46. The number of nitrogens with zero attached hydrogens (tertiary/aromatic N) is 2. The van der Waals surface area contributed by atoms with Crippen molar-refractivity contribution in [1.29, 1.82) is 0 Å². The van der Waals surface area contributed by atoms with Gasteiger partial charge < -0.3 is 30.2 Å². The molecule has 3 N–H and O–H groups in total. The highest BCUT2D eigenvalue weighted by atomic mass is 19.4. The highest BCUT2D eigenvalue weighted by molar-refractivity contribution is 6.08. The van der Waals surface area contributed by atoms with Crippen LogP contribution in [0.3, 0.4) is 0 Å². The molecule has 0 spiro atoms. The van der Waals surface area contributed by atoms with Crippen LogP contribution in [0.4, 0.5) is 35.3 Å². The van der Waals surface area contributed by atoms with Crippen LogP contribution in [0.15, 0.2) is 60.7 Å². The molecular weight excluding hydrogens is 539 g/mol. The van der Waals surface area contributed by atoms with Gasteiger partial charge in [0.1, 0.15) is 11.5 Å². The number of benzene rings is 3. The Balaban J connectivity index is 1.35. The standard InChI is InChI=1S/C29H28F3N5O4/c1-17-14-26(37-27(34-17)33-16-19-6-5-13-40-19)41-24-12-10-22(20-7-3-4-8-21(20)24)35-28(38)36-23-15-18(29(30,31)32)9-11-25(23)39-2/h3-4,7-12,14-15,19H,5-6,13,16H2,1-2H3,(H,33,34,37)(H2,35,36,38). The van der Waals surface area contributed by atoms with Crippen LogP contribution in [0.5, 0.6) is 17.4 Å². The molecule has 1 aliphatic heterocycles. The Kier molecular flexibility index (Phi) is 8.11. The minimum atomic E-state index is -4.57. The molecule has 214 valence electrons. The van der Waals surface area contributed by atoms with Crippen LogP contribution >= 0.6 is 0 Å². The van der Waals surface area contributed by atoms with Crippen molar-refractivity contribution < 1.29 is 32.2 Å². The van der Waals surface area contributed by atoms with E-state index in [4.69, 9.17) is 14.2 Å². The van der Waals surface area contributed by atoms with Gasteiger partial charge >= 0.3 is 12.2 Å². The van der Waals surface area contributed by atoms with E-state index in [9.17, 15) is 18.0 Å². The summed E-state index contributed by atoms with van der Waals surface area (Å²) in [5.74, 6) is 1.35. The minimum Gasteiger partial charge on any atom is -0.495 e. The van der Waals surface area contributed by atoms with E-state index in [1.807, 2.05) is 19.1 Å². The fourth-order valence-corrected chi connectivity index (χ4v) is 4.52. The summed E-state index contributed by atoms with van der Waals surface area (Å²) in [4.78, 5) is 21.8. The lowest BCUT2D eigenvalue weighted by molar-refractivity contribution is -0.137. The Labute approximate surface area is 234 Å². The Hall–Kier alpha value is -4.58. The molecule has 3 aromatic carbocycles. The number of anilines is 3. The van der Waals surface area contributed by atoms with Gasteiger partial charge in [-0.1, -0.05) is 24.3 Å². The predicted octanol–water partition coefficient (Wildman–Crippen LogP) is 6.99. The minimum absolute atomic E-state index is 0.0894. The number of fused-ring (bicyclic) bond motifs is 1. The van der Waals surface area contributed by atoms with Crippen molar-refractivity contribution in [1.82, 2.24) is 9.97 Å². The van der Waals surface area contributed by atoms with Gasteiger partial charge in [0.2, 0.25) is 11.8 Å². The third kappa shape index (κ3) is 6.77. The SMILES string of the molecule is COc1ccc(C(F)(F)F)cc1NC(=O)Nc1ccc(Oc2cc(C)nc(NCC3CCCO3)n2)c2ccccc12. The van der Waals surface area contributed by atoms with Crippen molar-refractivity contribution >= 4 is 34.1 Å². The first-order valence-electron chi connectivity index (χ1n) is 12.9. The summed E-state index contributed by atoms with van der Waals surface area (Å²) in [5, 5.41) is 9.70. The maximum atomic E-state index is 13.2. The van der Waals surface area contributed by atoms with Crippen LogP contribution in [-0.4, -0.2) is 42.4 Å². The van der Waals surface area contributed by atoms with Gasteiger partial charge in [-0.05, 0) is 50.1 Å². The van der Waals surface area contributed by atoms with E-state index < -0.39 is 17.8 Å². The summed E-state index contributed by atoms with van der Waals surface area (Å²) in [6, 6.07) is 14.4. The number of carbonyl (C=O) groups is 1. The predicted molar refractivity (Wildman–Crippen MR) is 149 cm³/mol. The lowest BCUT2D eigenvalue weighted by Crippen LogP contribution is -2.20. The summed E-state index contributed by atoms with van der Waals surface area (Å²) in [7, 11) is 1.31. The van der Waals surface area contributed by atoms with Crippen LogP contribution in [0.2, 0.25) is 0 Å². The maximum absolute atomic E-state index is 13.2. The Bertz CT molecular complexity index is 1560. The second-order valence-electron chi connectivity index (χ2n) is 9.44. The van der Waals surface area contributed by atoms with E-state index in [0.29, 0.717) is 46.3 Å². The molecule has 12 heteroatoms. The largest absolute Gasteiger partial charge is 0.495 e. The average molecular weight is 568 g/mol. The van der Waals surface area contributed by atoms with Gasteiger partial charge in [0, 0.05) is 35.7 Å². The topological polar surface area (TPSA) is 107 Å². The molecule has 1 fully saturated rings. The second-order valence-corrected chi connectivity index (χ2v) is 9.44. The molecule has 2 amide bonds. The first kappa shape index (κ1) is 28.0. The zero-order valence-electron chi connectivity index (χ0n) is 22.3. The molecule has 0 saturated carbocycles. The van der Waals surface area contributed by atoms with Gasteiger partial charge in [-0.3, -0.25) is 0 Å². The number of methoxy groups -OCH3 is 1. The van der Waals surface area contributed by atoms with Gasteiger partial charge in [-0.15, -0.1) is 0 Å². The Morgan fingerprint density at radius 1 is 1.00 bits per heavy atom. The van der Waals surface area contributed by atoms with E-state index in [1.54, 1.807) is 30.3 Å². The first-order valence-corrected chi connectivity index (χ1v) is 12.9. The van der Waals surface area contributed by atoms with Gasteiger partial charge in [-0.25, -0.2) is 9.78 Å². The van der Waals surface area contributed by atoms with Crippen LogP contribution in [0.25, 0.3) is 10.8 Å². The van der Waals surface area contributed by atoms with Crippen molar-refractivity contribution in [3.8, 4) is 17.4 Å². The molecule has 1 atom stereocenters. The summed E-state index contributed by atoms with van der Waals surface area (Å²) < 4.78 is 56.5. The summed E-state index contributed by atoms with van der Waals surface area (Å²) in [5.41, 5.74) is 0.112. The highest BCUT2D eigenvalue weighted by Gasteiger charge is 2.31. The van der Waals surface area contributed by atoms with E-state index in [2.05, 4.69) is 25.9 Å². The Morgan fingerprint density at radius 2 is 1.76 bits per heavy atom. The van der Waals surface area contributed by atoms with E-state index in [1.165, 1.54) is 7.11 Å². The second kappa shape index (κ2) is 11.9. The molecule has 5 rings (SSSR count). The molecule has 1 unspecified atom stereocenters. The average Bonchev–Trinajstić information content (AvgIpc) is 3.46. The molecule has 9 nitrogen and oxygen atoms in total. The third-order valence-electron chi connectivity index (χ3n) is 6.46. The van der Waals surface area contributed by atoms with Crippen LogP contribution < -0.4 is 25.4 Å². The monoisotopic (exact) mass is 567 g/mol. The normalized spacial score (nSPS) is 15.0. The van der Waals surface area contributed by atoms with Crippen molar-refractivity contribution in [2.24, 2.45) is 0 Å². The van der Waals surface area contributed by atoms with E-state index >= 15 is 0 Å². The first-order chi connectivity index (χ1) is 19.7. The summed E-state index contributed by atoms with van der Waals surface area (Å²) in [6.45, 7) is 3.20. The molecule has 0 radical (unpaired) electrons. The number of amides is 2. The number of nitrogens with one attached hydrogen (secondary N) is 3. The number of aromatic nitrogens is 2. The molecule has 1 aliphatic rings. The number of carbonyl (C=O) groups excluding carboxylic acids is 1. The lowest BCUT2D eigenvalue weighted by atomic mass is 10.1. The zero-order chi connectivity index (χ0) is 29.0. The molecule has 2 heterocycles. The van der Waals surface area contributed by atoms with Crippen molar-refractivity contribution in [2.75, 3.05) is 36.2 Å². The van der Waals surface area contributed by atoms with Gasteiger partial charge in [0.05, 0.1) is 30.2 Å². The number of aryl methyl sites for hydroxylation is 1. The molecule has 1 aromatic heterocycles. The number of ether oxygens (including phenoxy) is 3. The molecule has 0 bridgehead atoms. The lowest BCUT2D eigenvalue weighted by Gasteiger charge is -2.16. The molecule has 41 heavy (non-hydrogen) atoms. The van der Waals surface area contributed by atoms with Crippen LogP contribution in [0, 0.1) is 6.92 Å².